The maximum absolute atomic E-state index is 13.2. The highest BCUT2D eigenvalue weighted by Crippen LogP contribution is 2.36. The van der Waals surface area contributed by atoms with Crippen molar-refractivity contribution in [2.75, 3.05) is 31.2 Å². The van der Waals surface area contributed by atoms with Gasteiger partial charge in [-0.2, -0.15) is 0 Å². The van der Waals surface area contributed by atoms with Crippen molar-refractivity contribution in [2.45, 2.75) is 38.0 Å². The number of aryl methyl sites for hydroxylation is 2. The second kappa shape index (κ2) is 9.44. The lowest BCUT2D eigenvalue weighted by molar-refractivity contribution is -0.131. The number of aromatic nitrogens is 3. The van der Waals surface area contributed by atoms with E-state index >= 15 is 0 Å². The maximum atomic E-state index is 13.2. The van der Waals surface area contributed by atoms with Crippen molar-refractivity contribution in [1.82, 2.24) is 14.4 Å². The van der Waals surface area contributed by atoms with E-state index in [1.807, 2.05) is 17.0 Å². The third kappa shape index (κ3) is 4.69. The minimum atomic E-state index is -1.11. The molecule has 2 aliphatic rings. The number of anilines is 1. The number of aliphatic carboxylic acids is 1. The molecule has 3 aromatic rings. The van der Waals surface area contributed by atoms with E-state index in [0.717, 1.165) is 29.5 Å². The van der Waals surface area contributed by atoms with Crippen molar-refractivity contribution >= 4 is 34.8 Å². The number of rotatable bonds is 7. The number of carboxylic acid groups (broad SMARTS) is 1. The Kier molecular flexibility index (Phi) is 6.24. The summed E-state index contributed by atoms with van der Waals surface area (Å²) < 4.78 is 6.91. The molecule has 5 rings (SSSR count). The van der Waals surface area contributed by atoms with Gasteiger partial charge in [0.1, 0.15) is 11.5 Å². The van der Waals surface area contributed by atoms with E-state index in [1.165, 1.54) is 35.4 Å². The van der Waals surface area contributed by atoms with Crippen molar-refractivity contribution in [1.29, 1.82) is 0 Å². The SMILES string of the molecule is O=C(O)/C=C/c1c(N2CCOCC2)nc2cc(CCc3nc(C4CCC4)cs3)ccn2c1=O. The molecule has 3 aromatic heterocycles. The number of nitrogens with zero attached hydrogens (tertiary/aromatic N) is 4. The zero-order valence-electron chi connectivity index (χ0n) is 18.3. The number of morpholine rings is 1. The van der Waals surface area contributed by atoms with Crippen LogP contribution in [0.25, 0.3) is 11.7 Å². The minimum Gasteiger partial charge on any atom is -0.478 e. The topological polar surface area (TPSA) is 97.0 Å². The van der Waals surface area contributed by atoms with Gasteiger partial charge < -0.3 is 14.7 Å². The number of hydrogen-bond donors (Lipinski definition) is 1. The molecule has 0 atom stereocenters. The van der Waals surface area contributed by atoms with Crippen LogP contribution in [0.1, 0.15) is 47.0 Å². The van der Waals surface area contributed by atoms with Crippen LogP contribution in [-0.2, 0) is 22.4 Å². The quantitative estimate of drug-likeness (QED) is 0.534. The Balaban J connectivity index is 1.43. The molecule has 0 bridgehead atoms. The fourth-order valence-corrected chi connectivity index (χ4v) is 5.12. The summed E-state index contributed by atoms with van der Waals surface area (Å²) in [5.74, 6) is 0.0446. The van der Waals surface area contributed by atoms with Gasteiger partial charge in [-0.05, 0) is 43.0 Å². The summed E-state index contributed by atoms with van der Waals surface area (Å²) in [6.45, 7) is 2.28. The van der Waals surface area contributed by atoms with E-state index in [9.17, 15) is 9.59 Å². The van der Waals surface area contributed by atoms with Crippen molar-refractivity contribution in [2.24, 2.45) is 0 Å². The molecular weight excluding hydrogens is 440 g/mol. The summed E-state index contributed by atoms with van der Waals surface area (Å²) in [6, 6.07) is 3.87. The molecule has 0 aromatic carbocycles. The molecule has 2 fully saturated rings. The van der Waals surface area contributed by atoms with Gasteiger partial charge in [-0.15, -0.1) is 11.3 Å². The monoisotopic (exact) mass is 466 g/mol. The highest BCUT2D eigenvalue weighted by atomic mass is 32.1. The molecule has 1 saturated carbocycles. The predicted octanol–water partition coefficient (Wildman–Crippen LogP) is 3.14. The van der Waals surface area contributed by atoms with Crippen LogP contribution in [0, 0.1) is 0 Å². The molecule has 0 amide bonds. The zero-order chi connectivity index (χ0) is 22.8. The third-order valence-corrected chi connectivity index (χ3v) is 7.26. The highest BCUT2D eigenvalue weighted by Gasteiger charge is 2.22. The molecule has 0 spiro atoms. The summed E-state index contributed by atoms with van der Waals surface area (Å²) in [5.41, 5.74) is 2.88. The Labute approximate surface area is 195 Å². The molecule has 9 heteroatoms. The van der Waals surface area contributed by atoms with Gasteiger partial charge in [0.2, 0.25) is 0 Å². The lowest BCUT2D eigenvalue weighted by Gasteiger charge is -2.29. The Bertz CT molecular complexity index is 1260. The van der Waals surface area contributed by atoms with Crippen LogP contribution in [-0.4, -0.2) is 51.7 Å². The van der Waals surface area contributed by atoms with Crippen LogP contribution in [0.5, 0.6) is 0 Å². The van der Waals surface area contributed by atoms with E-state index in [0.29, 0.717) is 43.7 Å². The Hall–Kier alpha value is -3.04. The summed E-state index contributed by atoms with van der Waals surface area (Å²) in [5, 5.41) is 12.4. The first-order valence-electron chi connectivity index (χ1n) is 11.3. The van der Waals surface area contributed by atoms with Crippen molar-refractivity contribution in [3.8, 4) is 0 Å². The molecule has 33 heavy (non-hydrogen) atoms. The van der Waals surface area contributed by atoms with Crippen LogP contribution in [0.2, 0.25) is 0 Å². The number of hydrogen-bond acceptors (Lipinski definition) is 7. The van der Waals surface area contributed by atoms with Gasteiger partial charge in [0.25, 0.3) is 5.56 Å². The Morgan fingerprint density at radius 2 is 2.06 bits per heavy atom. The molecule has 1 aliphatic heterocycles. The van der Waals surface area contributed by atoms with Gasteiger partial charge in [-0.1, -0.05) is 6.42 Å². The van der Waals surface area contributed by atoms with E-state index in [-0.39, 0.29) is 11.1 Å². The third-order valence-electron chi connectivity index (χ3n) is 6.33. The molecule has 8 nitrogen and oxygen atoms in total. The largest absolute Gasteiger partial charge is 0.478 e. The molecular formula is C24H26N4O4S. The molecule has 1 aliphatic carbocycles. The molecule has 1 saturated heterocycles. The average molecular weight is 467 g/mol. The van der Waals surface area contributed by atoms with Crippen LogP contribution in [0.4, 0.5) is 5.82 Å². The maximum Gasteiger partial charge on any atom is 0.328 e. The van der Waals surface area contributed by atoms with Crippen LogP contribution in [0.15, 0.2) is 34.6 Å². The smallest absolute Gasteiger partial charge is 0.328 e. The lowest BCUT2D eigenvalue weighted by atomic mass is 9.83. The number of carboxylic acids is 1. The molecule has 172 valence electrons. The predicted molar refractivity (Wildman–Crippen MR) is 127 cm³/mol. The number of fused-ring (bicyclic) bond motifs is 1. The Morgan fingerprint density at radius 3 is 2.79 bits per heavy atom. The summed E-state index contributed by atoms with van der Waals surface area (Å²) in [7, 11) is 0. The summed E-state index contributed by atoms with van der Waals surface area (Å²) >= 11 is 1.73. The van der Waals surface area contributed by atoms with Gasteiger partial charge >= 0.3 is 5.97 Å². The second-order valence-corrected chi connectivity index (χ2v) is 9.43. The second-order valence-electron chi connectivity index (χ2n) is 8.48. The summed E-state index contributed by atoms with van der Waals surface area (Å²) in [4.78, 5) is 35.9. The zero-order valence-corrected chi connectivity index (χ0v) is 19.1. The van der Waals surface area contributed by atoms with Crippen LogP contribution in [0.3, 0.4) is 0 Å². The lowest BCUT2D eigenvalue weighted by Crippen LogP contribution is -2.38. The first kappa shape index (κ1) is 21.8. The first-order chi connectivity index (χ1) is 16.1. The molecule has 0 unspecified atom stereocenters. The normalized spacial score (nSPS) is 17.0. The Morgan fingerprint density at radius 1 is 1.24 bits per heavy atom. The van der Waals surface area contributed by atoms with Crippen molar-refractivity contribution < 1.29 is 14.6 Å². The van der Waals surface area contributed by atoms with Gasteiger partial charge in [-0.3, -0.25) is 9.20 Å². The first-order valence-corrected chi connectivity index (χ1v) is 12.2. The highest BCUT2D eigenvalue weighted by molar-refractivity contribution is 7.09. The van der Waals surface area contributed by atoms with Gasteiger partial charge in [0.05, 0.1) is 29.5 Å². The fourth-order valence-electron chi connectivity index (χ4n) is 4.24. The van der Waals surface area contributed by atoms with E-state index in [2.05, 4.69) is 5.38 Å². The number of pyridine rings is 1. The summed E-state index contributed by atoms with van der Waals surface area (Å²) in [6.07, 6.45) is 9.53. The van der Waals surface area contributed by atoms with E-state index in [1.54, 1.807) is 17.5 Å². The van der Waals surface area contributed by atoms with Gasteiger partial charge in [-0.25, -0.2) is 14.8 Å². The van der Waals surface area contributed by atoms with E-state index in [4.69, 9.17) is 19.8 Å². The van der Waals surface area contributed by atoms with E-state index < -0.39 is 5.97 Å². The van der Waals surface area contributed by atoms with Crippen molar-refractivity contribution in [3.05, 3.63) is 62.0 Å². The van der Waals surface area contributed by atoms with Crippen LogP contribution >= 0.6 is 11.3 Å². The standard InChI is InChI=1S/C24H26N4O4S/c29-22(30)7-5-18-23(27-10-12-32-13-11-27)26-20-14-16(8-9-28(20)24(18)31)4-6-21-25-19(15-33-21)17-2-1-3-17/h5,7-9,14-15,17H,1-4,6,10-13H2,(H,29,30)/b7-5+. The number of thiazole rings is 1. The molecule has 4 heterocycles. The molecule has 1 N–H and O–H groups in total. The number of ether oxygens (including phenoxy) is 1. The van der Waals surface area contributed by atoms with Gasteiger partial charge in [0, 0.05) is 43.1 Å². The van der Waals surface area contributed by atoms with Gasteiger partial charge in [0.15, 0.2) is 0 Å². The van der Waals surface area contributed by atoms with Crippen LogP contribution < -0.4 is 10.5 Å². The molecule has 0 radical (unpaired) electrons. The minimum absolute atomic E-state index is 0.274. The number of carbonyl (C=O) groups is 1. The fraction of sp³-hybridized carbons (Fsp3) is 0.417. The average Bonchev–Trinajstić information content (AvgIpc) is 3.24. The van der Waals surface area contributed by atoms with Crippen molar-refractivity contribution in [3.63, 3.8) is 0 Å².